The lowest BCUT2D eigenvalue weighted by molar-refractivity contribution is -0.121. The van der Waals surface area contributed by atoms with Crippen LogP contribution >= 0.6 is 0 Å². The molecule has 0 aromatic rings. The maximum Gasteiger partial charge on any atom is 0.125 e. The van der Waals surface area contributed by atoms with E-state index in [-0.39, 0.29) is 11.5 Å². The molecule has 2 heteroatoms. The number of aliphatic hydroxyl groups is 1. The zero-order valence-corrected chi connectivity index (χ0v) is 8.79. The first-order valence-corrected chi connectivity index (χ1v) is 5.13. The molecule has 0 aliphatic heterocycles. The molecule has 1 saturated carbocycles. The van der Waals surface area contributed by atoms with Crippen molar-refractivity contribution in [2.45, 2.75) is 46.1 Å². The van der Waals surface area contributed by atoms with Gasteiger partial charge in [-0.15, -0.1) is 0 Å². The third-order valence-corrected chi connectivity index (χ3v) is 3.36. The predicted molar refractivity (Wildman–Crippen MR) is 52.4 cm³/mol. The van der Waals surface area contributed by atoms with Crippen molar-refractivity contribution in [2.75, 3.05) is 0 Å². The van der Waals surface area contributed by atoms with Crippen LogP contribution in [0.3, 0.4) is 0 Å². The van der Waals surface area contributed by atoms with E-state index in [0.29, 0.717) is 18.3 Å². The van der Waals surface area contributed by atoms with Crippen LogP contribution in [0.1, 0.15) is 40.0 Å². The molecule has 13 heavy (non-hydrogen) atoms. The molecule has 1 N–H and O–H groups in total. The van der Waals surface area contributed by atoms with E-state index < -0.39 is 0 Å². The molecule has 0 unspecified atom stereocenters. The van der Waals surface area contributed by atoms with Crippen molar-refractivity contribution < 1.29 is 9.90 Å². The van der Waals surface area contributed by atoms with Gasteiger partial charge in [0.25, 0.3) is 0 Å². The Morgan fingerprint density at radius 1 is 1.54 bits per heavy atom. The maximum absolute atomic E-state index is 10.8. The smallest absolute Gasteiger partial charge is 0.125 e. The maximum atomic E-state index is 10.8. The summed E-state index contributed by atoms with van der Waals surface area (Å²) in [4.78, 5) is 10.8. The molecule has 0 aromatic heterocycles. The minimum absolute atomic E-state index is 0.273. The van der Waals surface area contributed by atoms with Crippen LogP contribution in [-0.2, 0) is 4.79 Å². The zero-order chi connectivity index (χ0) is 10.1. The molecular formula is C11H20O2. The highest BCUT2D eigenvalue weighted by Crippen LogP contribution is 2.39. The average molecular weight is 184 g/mol. The van der Waals surface area contributed by atoms with Crippen LogP contribution in [-0.4, -0.2) is 17.5 Å². The predicted octanol–water partition coefficient (Wildman–Crippen LogP) is 2.01. The van der Waals surface area contributed by atoms with Gasteiger partial charge in [0, 0.05) is 5.41 Å². The first kappa shape index (κ1) is 10.7. The molecule has 1 rings (SSSR count). The molecule has 0 aromatic carbocycles. The lowest BCUT2D eigenvalue weighted by atomic mass is 9.68. The van der Waals surface area contributed by atoms with Crippen LogP contribution in [0.25, 0.3) is 0 Å². The van der Waals surface area contributed by atoms with Gasteiger partial charge in [0.2, 0.25) is 0 Å². The molecule has 1 aliphatic carbocycles. The molecule has 1 aliphatic rings. The summed E-state index contributed by atoms with van der Waals surface area (Å²) in [6.07, 6.45) is 3.26. The van der Waals surface area contributed by atoms with Crippen molar-refractivity contribution in [3.05, 3.63) is 0 Å². The second kappa shape index (κ2) is 3.79. The van der Waals surface area contributed by atoms with Crippen molar-refractivity contribution in [2.24, 2.45) is 17.3 Å². The zero-order valence-electron chi connectivity index (χ0n) is 8.79. The normalized spacial score (nSPS) is 40.7. The average Bonchev–Trinajstić information content (AvgIpc) is 2.03. The molecule has 0 bridgehead atoms. The Labute approximate surface area is 80.3 Å². The van der Waals surface area contributed by atoms with Gasteiger partial charge in [0.05, 0.1) is 6.10 Å². The molecule has 3 atom stereocenters. The highest BCUT2D eigenvalue weighted by molar-refractivity contribution is 5.58. The topological polar surface area (TPSA) is 37.3 Å². The summed E-state index contributed by atoms with van der Waals surface area (Å²) in [6, 6.07) is 0. The molecule has 1 fully saturated rings. The number of aldehydes is 1. The summed E-state index contributed by atoms with van der Waals surface area (Å²) in [5, 5.41) is 9.85. The number of carbonyl (C=O) groups is 1. The SMILES string of the molecule is CC(C)[C@@H]1CC[C@](C)(C=O)C[C@H]1O. The van der Waals surface area contributed by atoms with Gasteiger partial charge >= 0.3 is 0 Å². The number of rotatable bonds is 2. The van der Waals surface area contributed by atoms with Gasteiger partial charge < -0.3 is 9.90 Å². The summed E-state index contributed by atoms with van der Waals surface area (Å²) in [5.41, 5.74) is -0.273. The van der Waals surface area contributed by atoms with Crippen LogP contribution < -0.4 is 0 Å². The fraction of sp³-hybridized carbons (Fsp3) is 0.909. The van der Waals surface area contributed by atoms with E-state index in [1.54, 1.807) is 0 Å². The first-order valence-electron chi connectivity index (χ1n) is 5.13. The monoisotopic (exact) mass is 184 g/mol. The Hall–Kier alpha value is -0.370. The number of hydrogen-bond donors (Lipinski definition) is 1. The van der Waals surface area contributed by atoms with Gasteiger partial charge in [-0.05, 0) is 31.1 Å². The molecule has 0 saturated heterocycles. The first-order chi connectivity index (χ1) is 5.98. The molecular weight excluding hydrogens is 164 g/mol. The Kier molecular flexibility index (Phi) is 3.12. The second-order valence-electron chi connectivity index (χ2n) is 4.99. The van der Waals surface area contributed by atoms with Gasteiger partial charge in [-0.3, -0.25) is 0 Å². The third kappa shape index (κ3) is 2.31. The third-order valence-electron chi connectivity index (χ3n) is 3.36. The second-order valence-corrected chi connectivity index (χ2v) is 4.99. The molecule has 0 heterocycles. The van der Waals surface area contributed by atoms with Gasteiger partial charge in [-0.2, -0.15) is 0 Å². The van der Waals surface area contributed by atoms with E-state index in [4.69, 9.17) is 0 Å². The summed E-state index contributed by atoms with van der Waals surface area (Å²) in [6.45, 7) is 6.22. The fourth-order valence-electron chi connectivity index (χ4n) is 2.30. The minimum atomic E-state index is -0.288. The van der Waals surface area contributed by atoms with Crippen molar-refractivity contribution in [1.29, 1.82) is 0 Å². The van der Waals surface area contributed by atoms with Crippen molar-refractivity contribution in [3.63, 3.8) is 0 Å². The van der Waals surface area contributed by atoms with E-state index in [2.05, 4.69) is 13.8 Å². The Morgan fingerprint density at radius 2 is 2.15 bits per heavy atom. The van der Waals surface area contributed by atoms with E-state index >= 15 is 0 Å². The lowest BCUT2D eigenvalue weighted by Gasteiger charge is -2.38. The summed E-state index contributed by atoms with van der Waals surface area (Å²) < 4.78 is 0. The Morgan fingerprint density at radius 3 is 2.54 bits per heavy atom. The highest BCUT2D eigenvalue weighted by Gasteiger charge is 2.37. The highest BCUT2D eigenvalue weighted by atomic mass is 16.3. The van der Waals surface area contributed by atoms with Crippen LogP contribution in [0.15, 0.2) is 0 Å². The molecule has 2 nitrogen and oxygen atoms in total. The summed E-state index contributed by atoms with van der Waals surface area (Å²) >= 11 is 0. The Bertz CT molecular complexity index is 189. The number of aliphatic hydroxyl groups excluding tert-OH is 1. The number of carbonyl (C=O) groups excluding carboxylic acids is 1. The van der Waals surface area contributed by atoms with Gasteiger partial charge in [-0.25, -0.2) is 0 Å². The van der Waals surface area contributed by atoms with Crippen molar-refractivity contribution >= 4 is 6.29 Å². The molecule has 0 amide bonds. The van der Waals surface area contributed by atoms with E-state index in [1.165, 1.54) is 0 Å². The van der Waals surface area contributed by atoms with Gasteiger partial charge in [-0.1, -0.05) is 20.8 Å². The van der Waals surface area contributed by atoms with E-state index in [1.807, 2.05) is 6.92 Å². The lowest BCUT2D eigenvalue weighted by Crippen LogP contribution is -2.38. The quantitative estimate of drug-likeness (QED) is 0.666. The standard InChI is InChI=1S/C11H20O2/c1-8(2)9-4-5-11(3,7-12)6-10(9)13/h7-10,13H,4-6H2,1-3H3/t9-,10+,11-/m0/s1. The largest absolute Gasteiger partial charge is 0.393 e. The summed E-state index contributed by atoms with van der Waals surface area (Å²) in [5.74, 6) is 0.902. The summed E-state index contributed by atoms with van der Waals surface area (Å²) in [7, 11) is 0. The number of hydrogen-bond acceptors (Lipinski definition) is 2. The molecule has 76 valence electrons. The van der Waals surface area contributed by atoms with Crippen LogP contribution in [0.2, 0.25) is 0 Å². The van der Waals surface area contributed by atoms with E-state index in [0.717, 1.165) is 19.1 Å². The minimum Gasteiger partial charge on any atom is -0.393 e. The van der Waals surface area contributed by atoms with Crippen molar-refractivity contribution in [3.8, 4) is 0 Å². The fourth-order valence-corrected chi connectivity index (χ4v) is 2.30. The van der Waals surface area contributed by atoms with Crippen molar-refractivity contribution in [1.82, 2.24) is 0 Å². The van der Waals surface area contributed by atoms with Gasteiger partial charge in [0.15, 0.2) is 0 Å². The van der Waals surface area contributed by atoms with Gasteiger partial charge in [0.1, 0.15) is 6.29 Å². The Balaban J connectivity index is 2.61. The van der Waals surface area contributed by atoms with Crippen LogP contribution in [0, 0.1) is 17.3 Å². The molecule has 0 radical (unpaired) electrons. The van der Waals surface area contributed by atoms with Crippen LogP contribution in [0.5, 0.6) is 0 Å². The molecule has 0 spiro atoms. The van der Waals surface area contributed by atoms with Crippen LogP contribution in [0.4, 0.5) is 0 Å². The van der Waals surface area contributed by atoms with E-state index in [9.17, 15) is 9.90 Å².